The van der Waals surface area contributed by atoms with Crippen molar-refractivity contribution in [2.75, 3.05) is 32.0 Å². The zero-order valence-corrected chi connectivity index (χ0v) is 12.9. The van der Waals surface area contributed by atoms with Gasteiger partial charge in [0, 0.05) is 23.5 Å². The minimum absolute atomic E-state index is 0.219. The summed E-state index contributed by atoms with van der Waals surface area (Å²) in [4.78, 5) is 14.2. The van der Waals surface area contributed by atoms with Crippen molar-refractivity contribution >= 4 is 16.5 Å². The fourth-order valence-electron chi connectivity index (χ4n) is 3.16. The van der Waals surface area contributed by atoms with E-state index in [9.17, 15) is 9.18 Å². The van der Waals surface area contributed by atoms with E-state index in [-0.39, 0.29) is 11.5 Å². The number of anilines is 1. The third kappa shape index (κ3) is 2.70. The normalized spacial score (nSPS) is 17.0. The van der Waals surface area contributed by atoms with Crippen molar-refractivity contribution in [2.24, 2.45) is 0 Å². The number of halogens is 1. The molecular weight excluding hydrogens is 283 g/mol. The van der Waals surface area contributed by atoms with Crippen molar-refractivity contribution in [3.63, 3.8) is 0 Å². The molecule has 5 nitrogen and oxygen atoms in total. The van der Waals surface area contributed by atoms with Crippen LogP contribution in [0.15, 0.2) is 16.9 Å². The van der Waals surface area contributed by atoms with Crippen molar-refractivity contribution in [3.8, 4) is 0 Å². The highest BCUT2D eigenvalue weighted by molar-refractivity contribution is 5.96. The molecule has 118 valence electrons. The van der Waals surface area contributed by atoms with Gasteiger partial charge in [-0.3, -0.25) is 4.79 Å². The van der Waals surface area contributed by atoms with Gasteiger partial charge in [-0.05, 0) is 45.1 Å². The Morgan fingerprint density at radius 1 is 1.41 bits per heavy atom. The van der Waals surface area contributed by atoms with Crippen LogP contribution >= 0.6 is 0 Å². The summed E-state index contributed by atoms with van der Waals surface area (Å²) in [5.74, 6) is -0.185. The molecule has 0 bridgehead atoms. The lowest BCUT2D eigenvalue weighted by Crippen LogP contribution is -2.28. The number of nitrogens with one attached hydrogen (secondary N) is 2. The summed E-state index contributed by atoms with van der Waals surface area (Å²) in [6, 6.07) is 2.72. The van der Waals surface area contributed by atoms with Crippen LogP contribution in [0.2, 0.25) is 0 Å². The lowest BCUT2D eigenvalue weighted by Gasteiger charge is -2.27. The minimum Gasteiger partial charge on any atom is -0.384 e. The van der Waals surface area contributed by atoms with Crippen LogP contribution in [0, 0.1) is 5.82 Å². The van der Waals surface area contributed by atoms with Crippen LogP contribution in [-0.2, 0) is 0 Å². The highest BCUT2D eigenvalue weighted by Gasteiger charge is 2.25. The van der Waals surface area contributed by atoms with Gasteiger partial charge in [0.1, 0.15) is 5.82 Å². The van der Waals surface area contributed by atoms with Gasteiger partial charge in [-0.25, -0.2) is 9.49 Å². The van der Waals surface area contributed by atoms with Crippen LogP contribution in [0.5, 0.6) is 0 Å². The van der Waals surface area contributed by atoms with E-state index in [0.29, 0.717) is 17.6 Å². The maximum Gasteiger partial charge on any atom is 0.272 e. The molecule has 0 fully saturated rings. The zero-order chi connectivity index (χ0) is 15.7. The van der Waals surface area contributed by atoms with Crippen molar-refractivity contribution in [2.45, 2.75) is 25.7 Å². The van der Waals surface area contributed by atoms with Gasteiger partial charge >= 0.3 is 0 Å². The maximum absolute atomic E-state index is 13.6. The molecule has 0 saturated carbocycles. The number of nitrogens with zero attached hydrogens (tertiary/aromatic N) is 2. The fourth-order valence-corrected chi connectivity index (χ4v) is 3.16. The number of H-pyrrole nitrogens is 1. The number of benzene rings is 1. The largest absolute Gasteiger partial charge is 0.384 e. The Labute approximate surface area is 128 Å². The molecule has 0 aliphatic carbocycles. The first kappa shape index (κ1) is 15.0. The molecule has 0 saturated heterocycles. The molecule has 0 amide bonds. The topological polar surface area (TPSA) is 61.0 Å². The van der Waals surface area contributed by atoms with E-state index in [0.717, 1.165) is 37.0 Å². The Balaban J connectivity index is 1.95. The van der Waals surface area contributed by atoms with Crippen molar-refractivity contribution in [3.05, 3.63) is 34.0 Å². The molecule has 2 N–H and O–H groups in total. The Bertz CT molecular complexity index is 743. The molecule has 0 radical (unpaired) electrons. The Morgan fingerprint density at radius 3 is 3.00 bits per heavy atom. The summed E-state index contributed by atoms with van der Waals surface area (Å²) in [6.45, 7) is 4.91. The Kier molecular flexibility index (Phi) is 4.11. The van der Waals surface area contributed by atoms with Crippen LogP contribution in [-0.4, -0.2) is 41.8 Å². The maximum atomic E-state index is 13.6. The molecular formula is C16H21FN4O. The van der Waals surface area contributed by atoms with Gasteiger partial charge in [0.2, 0.25) is 0 Å². The van der Waals surface area contributed by atoms with Crippen molar-refractivity contribution in [1.82, 2.24) is 15.1 Å². The van der Waals surface area contributed by atoms with E-state index >= 15 is 0 Å². The molecule has 1 aliphatic rings. The molecule has 1 aromatic carbocycles. The summed E-state index contributed by atoms with van der Waals surface area (Å²) >= 11 is 0. The van der Waals surface area contributed by atoms with Crippen LogP contribution in [0.3, 0.4) is 0 Å². The van der Waals surface area contributed by atoms with Gasteiger partial charge in [0.25, 0.3) is 5.56 Å². The second-order valence-electron chi connectivity index (χ2n) is 5.98. The van der Waals surface area contributed by atoms with Crippen LogP contribution in [0.4, 0.5) is 10.1 Å². The van der Waals surface area contributed by atoms with E-state index in [1.807, 2.05) is 0 Å². The van der Waals surface area contributed by atoms with Crippen LogP contribution < -0.4 is 10.9 Å². The van der Waals surface area contributed by atoms with E-state index in [4.69, 9.17) is 0 Å². The first-order valence-electron chi connectivity index (χ1n) is 7.74. The lowest BCUT2D eigenvalue weighted by molar-refractivity contribution is 0.319. The summed E-state index contributed by atoms with van der Waals surface area (Å²) in [6.07, 6.45) is 2.08. The van der Waals surface area contributed by atoms with E-state index in [2.05, 4.69) is 34.4 Å². The lowest BCUT2D eigenvalue weighted by atomic mass is 9.92. The molecule has 6 heteroatoms. The number of aromatic amines is 1. The highest BCUT2D eigenvalue weighted by atomic mass is 19.1. The molecule has 2 aromatic rings. The fraction of sp³-hybridized carbons (Fsp3) is 0.500. The summed E-state index contributed by atoms with van der Waals surface area (Å²) in [5, 5.41) is 11.2. The summed E-state index contributed by atoms with van der Waals surface area (Å²) < 4.78 is 13.6. The monoisotopic (exact) mass is 304 g/mol. The standard InChI is InChI=1S/C16H21FN4O/c1-3-5-21(2)6-4-10-9-18-13-8-11(17)7-12-14(13)15(10)19-20-16(12)22/h7-8,10,18H,3-6,9H2,1-2H3,(H,20,22). The van der Waals surface area contributed by atoms with Crippen LogP contribution in [0.25, 0.3) is 10.8 Å². The average molecular weight is 304 g/mol. The smallest absolute Gasteiger partial charge is 0.272 e. The summed E-state index contributed by atoms with van der Waals surface area (Å²) in [7, 11) is 2.11. The van der Waals surface area contributed by atoms with Gasteiger partial charge in [-0.15, -0.1) is 0 Å². The van der Waals surface area contributed by atoms with Gasteiger partial charge < -0.3 is 10.2 Å². The van der Waals surface area contributed by atoms with Gasteiger partial charge in [0.15, 0.2) is 0 Å². The highest BCUT2D eigenvalue weighted by Crippen LogP contribution is 2.35. The second kappa shape index (κ2) is 6.04. The third-order valence-corrected chi connectivity index (χ3v) is 4.27. The van der Waals surface area contributed by atoms with Crippen LogP contribution in [0.1, 0.15) is 31.4 Å². The van der Waals surface area contributed by atoms with Gasteiger partial charge in [0.05, 0.1) is 11.1 Å². The Hall–Kier alpha value is -1.95. The average Bonchev–Trinajstić information content (AvgIpc) is 2.49. The first-order valence-corrected chi connectivity index (χ1v) is 7.74. The SMILES string of the molecule is CCCN(C)CCC1CNc2cc(F)cc3c(=O)[nH]nc1c23. The quantitative estimate of drug-likeness (QED) is 0.890. The van der Waals surface area contributed by atoms with Gasteiger partial charge in [-0.1, -0.05) is 6.92 Å². The van der Waals surface area contributed by atoms with E-state index < -0.39 is 5.82 Å². The minimum atomic E-state index is -0.404. The molecule has 3 rings (SSSR count). The molecule has 22 heavy (non-hydrogen) atoms. The number of aromatic nitrogens is 2. The molecule has 1 aliphatic heterocycles. The van der Waals surface area contributed by atoms with Crippen molar-refractivity contribution in [1.29, 1.82) is 0 Å². The van der Waals surface area contributed by atoms with Crippen molar-refractivity contribution < 1.29 is 4.39 Å². The number of rotatable bonds is 5. The molecule has 1 atom stereocenters. The predicted molar refractivity (Wildman–Crippen MR) is 86.0 cm³/mol. The molecule has 1 aromatic heterocycles. The predicted octanol–water partition coefficient (Wildman–Crippen LogP) is 2.30. The molecule has 1 unspecified atom stereocenters. The van der Waals surface area contributed by atoms with E-state index in [1.165, 1.54) is 12.1 Å². The number of hydrogen-bond donors (Lipinski definition) is 2. The first-order chi connectivity index (χ1) is 10.6. The zero-order valence-electron chi connectivity index (χ0n) is 12.9. The van der Waals surface area contributed by atoms with E-state index in [1.54, 1.807) is 0 Å². The number of hydrogen-bond acceptors (Lipinski definition) is 4. The van der Waals surface area contributed by atoms with Gasteiger partial charge in [-0.2, -0.15) is 5.10 Å². The molecule has 2 heterocycles. The molecule has 0 spiro atoms. The Morgan fingerprint density at radius 2 is 2.23 bits per heavy atom. The second-order valence-corrected chi connectivity index (χ2v) is 5.98. The summed E-state index contributed by atoms with van der Waals surface area (Å²) in [5.41, 5.74) is 1.19. The third-order valence-electron chi connectivity index (χ3n) is 4.27.